The van der Waals surface area contributed by atoms with Gasteiger partial charge in [-0.15, -0.1) is 0 Å². The van der Waals surface area contributed by atoms with Gasteiger partial charge < -0.3 is 4.90 Å². The molecule has 2 aromatic rings. The van der Waals surface area contributed by atoms with Crippen molar-refractivity contribution in [2.24, 2.45) is 0 Å². The third kappa shape index (κ3) is 2.50. The lowest BCUT2D eigenvalue weighted by Gasteiger charge is -2.14. The molecule has 2 nitrogen and oxygen atoms in total. The molecule has 0 bridgehead atoms. The Kier molecular flexibility index (Phi) is 3.38. The number of carbonyl (C=O) groups is 1. The van der Waals surface area contributed by atoms with Gasteiger partial charge in [0, 0.05) is 18.3 Å². The summed E-state index contributed by atoms with van der Waals surface area (Å²) in [6.07, 6.45) is 4.48. The van der Waals surface area contributed by atoms with Gasteiger partial charge in [-0.05, 0) is 36.6 Å². The Labute approximate surface area is 119 Å². The lowest BCUT2D eigenvalue weighted by atomic mass is 10.1. The van der Waals surface area contributed by atoms with Crippen molar-refractivity contribution in [3.8, 4) is 0 Å². The zero-order valence-electron chi connectivity index (χ0n) is 11.5. The van der Waals surface area contributed by atoms with Crippen molar-refractivity contribution in [2.45, 2.75) is 13.3 Å². The van der Waals surface area contributed by atoms with E-state index in [-0.39, 0.29) is 5.91 Å². The van der Waals surface area contributed by atoms with Crippen molar-refractivity contribution in [1.29, 1.82) is 0 Å². The molecule has 0 radical (unpaired) electrons. The average Bonchev–Trinajstić information content (AvgIpc) is 2.90. The molecule has 0 N–H and O–H groups in total. The topological polar surface area (TPSA) is 20.3 Å². The molecule has 2 aromatic carbocycles. The smallest absolute Gasteiger partial charge is 0.251 e. The fourth-order valence-electron chi connectivity index (χ4n) is 2.50. The Bertz CT molecular complexity index is 655. The molecule has 1 aliphatic heterocycles. The van der Waals surface area contributed by atoms with Gasteiger partial charge in [-0.2, -0.15) is 0 Å². The van der Waals surface area contributed by atoms with E-state index >= 15 is 0 Å². The summed E-state index contributed by atoms with van der Waals surface area (Å²) in [5.41, 5.74) is 4.58. The summed E-state index contributed by atoms with van der Waals surface area (Å²) >= 11 is 0. The first-order valence-corrected chi connectivity index (χ1v) is 6.88. The fraction of sp³-hybridized carbons (Fsp3) is 0.167. The molecule has 20 heavy (non-hydrogen) atoms. The summed E-state index contributed by atoms with van der Waals surface area (Å²) in [5.74, 6) is 0.0514. The van der Waals surface area contributed by atoms with E-state index in [9.17, 15) is 4.79 Å². The lowest BCUT2D eigenvalue weighted by Crippen LogP contribution is -2.26. The number of rotatable bonds is 2. The van der Waals surface area contributed by atoms with Gasteiger partial charge in [-0.3, -0.25) is 4.79 Å². The van der Waals surface area contributed by atoms with Crippen LogP contribution in [0.3, 0.4) is 0 Å². The van der Waals surface area contributed by atoms with Crippen LogP contribution in [-0.4, -0.2) is 12.5 Å². The Morgan fingerprint density at radius 1 is 1.10 bits per heavy atom. The molecule has 1 heterocycles. The van der Waals surface area contributed by atoms with E-state index in [2.05, 4.69) is 25.1 Å². The van der Waals surface area contributed by atoms with Crippen LogP contribution in [0.4, 0.5) is 5.69 Å². The molecule has 0 saturated carbocycles. The van der Waals surface area contributed by atoms with Crippen molar-refractivity contribution in [1.82, 2.24) is 0 Å². The molecular formula is C18H17NO. The molecule has 0 spiro atoms. The van der Waals surface area contributed by atoms with Gasteiger partial charge in [0.25, 0.3) is 5.91 Å². The van der Waals surface area contributed by atoms with E-state index in [1.54, 1.807) is 6.08 Å². The molecule has 3 rings (SSSR count). The molecule has 1 aliphatic rings. The Morgan fingerprint density at radius 2 is 1.85 bits per heavy atom. The third-order valence-electron chi connectivity index (χ3n) is 3.65. The van der Waals surface area contributed by atoms with Crippen LogP contribution >= 0.6 is 0 Å². The molecule has 0 fully saturated rings. The number of aryl methyl sites for hydroxylation is 1. The summed E-state index contributed by atoms with van der Waals surface area (Å²) in [7, 11) is 0. The summed E-state index contributed by atoms with van der Waals surface area (Å²) in [6, 6.07) is 16.3. The summed E-state index contributed by atoms with van der Waals surface area (Å²) in [6.45, 7) is 2.83. The van der Waals surface area contributed by atoms with E-state index in [1.165, 1.54) is 11.1 Å². The number of benzene rings is 2. The van der Waals surface area contributed by atoms with Gasteiger partial charge in [0.05, 0.1) is 0 Å². The second-order valence-corrected chi connectivity index (χ2v) is 5.11. The predicted octanol–water partition coefficient (Wildman–Crippen LogP) is 3.60. The van der Waals surface area contributed by atoms with Crippen LogP contribution < -0.4 is 4.90 Å². The van der Waals surface area contributed by atoms with Crippen LogP contribution in [0.5, 0.6) is 0 Å². The van der Waals surface area contributed by atoms with E-state index in [0.29, 0.717) is 0 Å². The van der Waals surface area contributed by atoms with Crippen molar-refractivity contribution in [3.05, 3.63) is 71.3 Å². The van der Waals surface area contributed by atoms with E-state index in [1.807, 2.05) is 41.3 Å². The second-order valence-electron chi connectivity index (χ2n) is 5.11. The minimum atomic E-state index is 0.0514. The molecule has 0 aromatic heterocycles. The zero-order chi connectivity index (χ0) is 13.9. The fourth-order valence-corrected chi connectivity index (χ4v) is 2.50. The lowest BCUT2D eigenvalue weighted by molar-refractivity contribution is -0.114. The number of para-hydroxylation sites is 1. The predicted molar refractivity (Wildman–Crippen MR) is 82.7 cm³/mol. The number of carbonyl (C=O) groups excluding carboxylic acids is 1. The molecule has 0 atom stereocenters. The summed E-state index contributed by atoms with van der Waals surface area (Å²) in [4.78, 5) is 14.1. The van der Waals surface area contributed by atoms with Crippen LogP contribution in [0, 0.1) is 6.92 Å². The van der Waals surface area contributed by atoms with Crippen LogP contribution in [0.15, 0.2) is 54.6 Å². The third-order valence-corrected chi connectivity index (χ3v) is 3.65. The maximum Gasteiger partial charge on any atom is 0.251 e. The van der Waals surface area contributed by atoms with Crippen molar-refractivity contribution in [3.63, 3.8) is 0 Å². The highest BCUT2D eigenvalue weighted by Gasteiger charge is 2.22. The zero-order valence-corrected chi connectivity index (χ0v) is 11.5. The first kappa shape index (κ1) is 12.7. The molecule has 1 amide bonds. The van der Waals surface area contributed by atoms with E-state index in [0.717, 1.165) is 24.2 Å². The first-order valence-electron chi connectivity index (χ1n) is 6.88. The number of hydrogen-bond donors (Lipinski definition) is 0. The molecule has 2 heteroatoms. The van der Waals surface area contributed by atoms with Gasteiger partial charge in [-0.1, -0.05) is 48.0 Å². The Hall–Kier alpha value is -2.35. The second kappa shape index (κ2) is 5.33. The van der Waals surface area contributed by atoms with Crippen molar-refractivity contribution in [2.75, 3.05) is 11.4 Å². The van der Waals surface area contributed by atoms with Gasteiger partial charge in [-0.25, -0.2) is 0 Å². The minimum absolute atomic E-state index is 0.0514. The maximum absolute atomic E-state index is 12.3. The molecule has 0 aliphatic carbocycles. The maximum atomic E-state index is 12.3. The van der Waals surface area contributed by atoms with Crippen molar-refractivity contribution < 1.29 is 4.79 Å². The SMILES string of the molecule is Cc1ccc(/C=C/C(=O)N2CCc3ccccc32)cc1. The van der Waals surface area contributed by atoms with Crippen LogP contribution in [-0.2, 0) is 11.2 Å². The van der Waals surface area contributed by atoms with Crippen LogP contribution in [0.25, 0.3) is 6.08 Å². The van der Waals surface area contributed by atoms with Crippen LogP contribution in [0.2, 0.25) is 0 Å². The molecular weight excluding hydrogens is 246 g/mol. The van der Waals surface area contributed by atoms with E-state index in [4.69, 9.17) is 0 Å². The number of nitrogens with zero attached hydrogens (tertiary/aromatic N) is 1. The van der Waals surface area contributed by atoms with Gasteiger partial charge >= 0.3 is 0 Å². The van der Waals surface area contributed by atoms with Gasteiger partial charge in [0.1, 0.15) is 0 Å². The monoisotopic (exact) mass is 263 g/mol. The van der Waals surface area contributed by atoms with Gasteiger partial charge in [0.2, 0.25) is 0 Å². The average molecular weight is 263 g/mol. The Morgan fingerprint density at radius 3 is 2.65 bits per heavy atom. The number of anilines is 1. The first-order chi connectivity index (χ1) is 9.74. The number of fused-ring (bicyclic) bond motifs is 1. The Balaban J connectivity index is 1.76. The molecule has 0 saturated heterocycles. The minimum Gasteiger partial charge on any atom is -0.308 e. The van der Waals surface area contributed by atoms with E-state index < -0.39 is 0 Å². The largest absolute Gasteiger partial charge is 0.308 e. The van der Waals surface area contributed by atoms with Crippen LogP contribution in [0.1, 0.15) is 16.7 Å². The van der Waals surface area contributed by atoms with Crippen molar-refractivity contribution >= 4 is 17.7 Å². The number of amides is 1. The summed E-state index contributed by atoms with van der Waals surface area (Å²) in [5, 5.41) is 0. The quantitative estimate of drug-likeness (QED) is 0.758. The number of hydrogen-bond acceptors (Lipinski definition) is 1. The highest BCUT2D eigenvalue weighted by Crippen LogP contribution is 2.27. The standard InChI is InChI=1S/C18H17NO/c1-14-6-8-15(9-7-14)10-11-18(20)19-13-12-16-4-2-3-5-17(16)19/h2-11H,12-13H2,1H3/b11-10+. The normalized spacial score (nSPS) is 13.8. The highest BCUT2D eigenvalue weighted by molar-refractivity contribution is 6.05. The van der Waals surface area contributed by atoms with Gasteiger partial charge in [0.15, 0.2) is 0 Å². The summed E-state index contributed by atoms with van der Waals surface area (Å²) < 4.78 is 0. The highest BCUT2D eigenvalue weighted by atomic mass is 16.2. The molecule has 0 unspecified atom stereocenters. The molecule has 100 valence electrons.